The van der Waals surface area contributed by atoms with Gasteiger partial charge in [-0.05, 0) is 57.0 Å². The predicted molar refractivity (Wildman–Crippen MR) is 94.7 cm³/mol. The molecule has 0 N–H and O–H groups in total. The summed E-state index contributed by atoms with van der Waals surface area (Å²) in [6.07, 6.45) is -2.99. The summed E-state index contributed by atoms with van der Waals surface area (Å²) in [5.74, 6) is 0.344. The van der Waals surface area contributed by atoms with E-state index in [-0.39, 0.29) is 28.9 Å². The average molecular weight is 406 g/mol. The average Bonchev–Trinajstić information content (AvgIpc) is 3.03. The number of benzene rings is 1. The molecule has 1 aliphatic heterocycles. The molecule has 0 aromatic heterocycles. The highest BCUT2D eigenvalue weighted by Crippen LogP contribution is 2.41. The summed E-state index contributed by atoms with van der Waals surface area (Å²) < 4.78 is 71.7. The topological polar surface area (TPSA) is 49.9 Å². The van der Waals surface area contributed by atoms with E-state index in [1.807, 2.05) is 14.1 Å². The predicted octanol–water partition coefficient (Wildman–Crippen LogP) is 2.68. The fraction of sp³-hybridized carbons (Fsp3) is 0.667. The fourth-order valence-electron chi connectivity index (χ4n) is 4.32. The molecule has 5 nitrogen and oxygen atoms in total. The van der Waals surface area contributed by atoms with E-state index in [2.05, 4.69) is 4.90 Å². The van der Waals surface area contributed by atoms with E-state index in [0.717, 1.165) is 31.0 Å². The van der Waals surface area contributed by atoms with Crippen molar-refractivity contribution in [2.24, 2.45) is 11.8 Å². The van der Waals surface area contributed by atoms with Crippen LogP contribution in [0, 0.1) is 11.8 Å². The third-order valence-electron chi connectivity index (χ3n) is 5.82. The standard InChI is InChI=1S/C18H25F3N2O3S/c1-22(2)16-7-12-10-23(11-13(12)8-17(16)26-3)27(24,25)15-6-4-5-14(9-15)18(19,20)21/h4-6,9,12-13,16-17H,7-8,10-11H2,1-3H3/t12-,13+,16-,17-/m1/s1. The number of sulfonamides is 1. The Morgan fingerprint density at radius 3 is 2.33 bits per heavy atom. The molecule has 0 bridgehead atoms. The molecular weight excluding hydrogens is 381 g/mol. The van der Waals surface area contributed by atoms with Crippen LogP contribution in [0.4, 0.5) is 13.2 Å². The third kappa shape index (κ3) is 4.01. The van der Waals surface area contributed by atoms with Gasteiger partial charge in [-0.2, -0.15) is 17.5 Å². The molecule has 0 unspecified atom stereocenters. The van der Waals surface area contributed by atoms with Gasteiger partial charge in [0, 0.05) is 26.2 Å². The van der Waals surface area contributed by atoms with Gasteiger partial charge >= 0.3 is 6.18 Å². The van der Waals surface area contributed by atoms with Crippen LogP contribution in [0.3, 0.4) is 0 Å². The molecule has 0 spiro atoms. The van der Waals surface area contributed by atoms with Crippen molar-refractivity contribution in [2.75, 3.05) is 34.3 Å². The van der Waals surface area contributed by atoms with Crippen LogP contribution < -0.4 is 0 Å². The van der Waals surface area contributed by atoms with Crippen molar-refractivity contribution >= 4 is 10.0 Å². The van der Waals surface area contributed by atoms with Crippen molar-refractivity contribution in [1.82, 2.24) is 9.21 Å². The molecule has 1 saturated heterocycles. The molecule has 1 heterocycles. The number of methoxy groups -OCH3 is 1. The first-order valence-corrected chi connectivity index (χ1v) is 10.3. The summed E-state index contributed by atoms with van der Waals surface area (Å²) in [6.45, 7) is 0.660. The number of hydrogen-bond acceptors (Lipinski definition) is 4. The molecule has 2 aliphatic rings. The molecule has 0 radical (unpaired) electrons. The van der Waals surface area contributed by atoms with Crippen molar-refractivity contribution in [3.63, 3.8) is 0 Å². The highest BCUT2D eigenvalue weighted by molar-refractivity contribution is 7.89. The second-order valence-electron chi connectivity index (χ2n) is 7.64. The van der Waals surface area contributed by atoms with E-state index < -0.39 is 21.8 Å². The molecule has 3 rings (SSSR count). The normalized spacial score (nSPS) is 29.9. The Morgan fingerprint density at radius 2 is 1.78 bits per heavy atom. The lowest BCUT2D eigenvalue weighted by Crippen LogP contribution is -2.47. The van der Waals surface area contributed by atoms with E-state index in [1.54, 1.807) is 7.11 Å². The molecule has 4 atom stereocenters. The minimum absolute atomic E-state index is 0.0254. The maximum atomic E-state index is 12.9. The van der Waals surface area contributed by atoms with E-state index >= 15 is 0 Å². The maximum absolute atomic E-state index is 12.9. The summed E-state index contributed by atoms with van der Waals surface area (Å²) in [6, 6.07) is 4.17. The highest BCUT2D eigenvalue weighted by atomic mass is 32.2. The van der Waals surface area contributed by atoms with Crippen molar-refractivity contribution < 1.29 is 26.3 Å². The first-order chi connectivity index (χ1) is 12.5. The molecule has 1 aromatic carbocycles. The van der Waals surface area contributed by atoms with Gasteiger partial charge in [-0.15, -0.1) is 0 Å². The minimum atomic E-state index is -4.57. The number of hydrogen-bond donors (Lipinski definition) is 0. The third-order valence-corrected chi connectivity index (χ3v) is 7.64. The van der Waals surface area contributed by atoms with Crippen molar-refractivity contribution in [3.8, 4) is 0 Å². The van der Waals surface area contributed by atoms with Crippen molar-refractivity contribution in [2.45, 2.75) is 36.1 Å². The van der Waals surface area contributed by atoms with Gasteiger partial charge < -0.3 is 9.64 Å². The highest BCUT2D eigenvalue weighted by Gasteiger charge is 2.46. The minimum Gasteiger partial charge on any atom is -0.380 e. The Hall–Kier alpha value is -1.16. The van der Waals surface area contributed by atoms with E-state index in [0.29, 0.717) is 13.1 Å². The first-order valence-electron chi connectivity index (χ1n) is 8.90. The van der Waals surface area contributed by atoms with Crippen LogP contribution in [-0.4, -0.2) is 64.1 Å². The number of nitrogens with zero attached hydrogens (tertiary/aromatic N) is 2. The second kappa shape index (κ2) is 7.35. The summed E-state index contributed by atoms with van der Waals surface area (Å²) in [5.41, 5.74) is -0.952. The number of fused-ring (bicyclic) bond motifs is 1. The summed E-state index contributed by atoms with van der Waals surface area (Å²) in [4.78, 5) is 1.79. The van der Waals surface area contributed by atoms with Crippen LogP contribution in [0.5, 0.6) is 0 Å². The van der Waals surface area contributed by atoms with Gasteiger partial charge in [-0.25, -0.2) is 8.42 Å². The zero-order valence-corrected chi connectivity index (χ0v) is 16.4. The van der Waals surface area contributed by atoms with Gasteiger partial charge in [-0.1, -0.05) is 6.07 Å². The molecule has 9 heteroatoms. The zero-order chi connectivity index (χ0) is 20.0. The molecule has 2 fully saturated rings. The lowest BCUT2D eigenvalue weighted by atomic mass is 9.77. The van der Waals surface area contributed by atoms with Crippen LogP contribution >= 0.6 is 0 Å². The molecule has 0 amide bonds. The summed E-state index contributed by atoms with van der Waals surface area (Å²) >= 11 is 0. The van der Waals surface area contributed by atoms with Crippen LogP contribution in [0.2, 0.25) is 0 Å². The number of halogens is 3. The van der Waals surface area contributed by atoms with Crippen LogP contribution in [-0.2, 0) is 20.9 Å². The Bertz CT molecular complexity index is 782. The number of rotatable bonds is 4. The molecule has 1 saturated carbocycles. The van der Waals surface area contributed by atoms with Crippen molar-refractivity contribution in [1.29, 1.82) is 0 Å². The summed E-state index contributed by atoms with van der Waals surface area (Å²) in [5, 5.41) is 0. The Kier molecular flexibility index (Phi) is 5.60. The van der Waals surface area contributed by atoms with Crippen LogP contribution in [0.15, 0.2) is 29.2 Å². The summed E-state index contributed by atoms with van der Waals surface area (Å²) in [7, 11) is 1.65. The molecule has 152 valence electrons. The van der Waals surface area contributed by atoms with Gasteiger partial charge in [0.2, 0.25) is 10.0 Å². The van der Waals surface area contributed by atoms with Gasteiger partial charge in [0.15, 0.2) is 0 Å². The number of alkyl halides is 3. The lowest BCUT2D eigenvalue weighted by molar-refractivity contribution is -0.137. The quantitative estimate of drug-likeness (QED) is 0.772. The van der Waals surface area contributed by atoms with Crippen molar-refractivity contribution in [3.05, 3.63) is 29.8 Å². The fourth-order valence-corrected chi connectivity index (χ4v) is 5.92. The van der Waals surface area contributed by atoms with Crippen LogP contribution in [0.1, 0.15) is 18.4 Å². The SMILES string of the molecule is CO[C@@H]1C[C@H]2CN(S(=O)(=O)c3cccc(C(F)(F)F)c3)C[C@H]2C[C@H]1N(C)C. The largest absolute Gasteiger partial charge is 0.416 e. The van der Waals surface area contributed by atoms with Gasteiger partial charge in [0.25, 0.3) is 0 Å². The first kappa shape index (κ1) is 20.6. The second-order valence-corrected chi connectivity index (χ2v) is 9.58. The monoisotopic (exact) mass is 406 g/mol. The van der Waals surface area contributed by atoms with Crippen LogP contribution in [0.25, 0.3) is 0 Å². The zero-order valence-electron chi connectivity index (χ0n) is 15.6. The molecule has 1 aromatic rings. The Morgan fingerprint density at radius 1 is 1.15 bits per heavy atom. The van der Waals surface area contributed by atoms with Gasteiger partial charge in [-0.3, -0.25) is 0 Å². The van der Waals surface area contributed by atoms with E-state index in [1.165, 1.54) is 10.4 Å². The lowest BCUT2D eigenvalue weighted by Gasteiger charge is -2.40. The Balaban J connectivity index is 1.82. The smallest absolute Gasteiger partial charge is 0.380 e. The van der Waals surface area contributed by atoms with Gasteiger partial charge in [0.1, 0.15) is 0 Å². The molecular formula is C18H25F3N2O3S. The Labute approximate surface area is 158 Å². The number of ether oxygens (including phenoxy) is 1. The van der Waals surface area contributed by atoms with Gasteiger partial charge in [0.05, 0.1) is 16.6 Å². The molecule has 27 heavy (non-hydrogen) atoms. The molecule has 1 aliphatic carbocycles. The maximum Gasteiger partial charge on any atom is 0.416 e. The van der Waals surface area contributed by atoms with E-state index in [4.69, 9.17) is 4.74 Å². The van der Waals surface area contributed by atoms with E-state index in [9.17, 15) is 21.6 Å². The number of likely N-dealkylation sites (N-methyl/N-ethyl adjacent to an activating group) is 1.